The van der Waals surface area contributed by atoms with Crippen LogP contribution in [0.5, 0.6) is 0 Å². The van der Waals surface area contributed by atoms with E-state index < -0.39 is 91.9 Å². The molecule has 59 heavy (non-hydrogen) atoms. The number of carbonyl (C=O) groups is 5. The third-order valence-corrected chi connectivity index (χ3v) is 10.4. The molecule has 0 aliphatic carbocycles. The molecule has 16 nitrogen and oxygen atoms in total. The Kier molecular flexibility index (Phi) is 19.4. The number of esters is 4. The summed E-state index contributed by atoms with van der Waals surface area (Å²) >= 11 is 0. The lowest BCUT2D eigenvalue weighted by Crippen LogP contribution is -2.65. The smallest absolute Gasteiger partial charge is 0.333 e. The maximum atomic E-state index is 13.3. The van der Waals surface area contributed by atoms with E-state index in [0.29, 0.717) is 31.4 Å². The molecule has 4 rings (SSSR count). The molecule has 0 unspecified atom stereocenters. The summed E-state index contributed by atoms with van der Waals surface area (Å²) in [5.74, 6) is -3.54. The standard InChI is InChI=1S/C43H61NO15/c1-6-8-11-18-30-19-14-10-15-24-44-32(46)21-23-33(47)52-25-31-38(57-34(48)22-20-29-16-12-9-13-17-29)39(58-41(51)26(3)7-2)36(50)42(56-31)59-40-35(49)37(54-28(5)45)27(4)53-43(40)55-30/h7,9,12-13,16-17,20,22,27,30-31,35-40,42-43,49-50H,6,8,10-11,14-15,18-19,21,23-25H2,1-5H3,(H,44,46)/b22-20+,26-7+/t27-,30+,31-,35+,36-,37+,38-,39-,40-,42+,43+/m1/s1. The van der Waals surface area contributed by atoms with Crippen molar-refractivity contribution >= 4 is 35.9 Å². The van der Waals surface area contributed by atoms with Crippen LogP contribution in [-0.2, 0) is 61.9 Å². The van der Waals surface area contributed by atoms with Crippen LogP contribution in [0.4, 0.5) is 0 Å². The lowest BCUT2D eigenvalue weighted by Gasteiger charge is -2.47. The number of rotatable bonds is 10. The van der Waals surface area contributed by atoms with Crippen LogP contribution < -0.4 is 5.32 Å². The van der Waals surface area contributed by atoms with Gasteiger partial charge < -0.3 is 53.4 Å². The van der Waals surface area contributed by atoms with E-state index in [-0.39, 0.29) is 30.4 Å². The van der Waals surface area contributed by atoms with Crippen LogP contribution in [-0.4, -0.2) is 121 Å². The van der Waals surface area contributed by atoms with E-state index >= 15 is 0 Å². The lowest BCUT2D eigenvalue weighted by atomic mass is 9.96. The predicted octanol–water partition coefficient (Wildman–Crippen LogP) is 3.98. The molecule has 3 N–H and O–H groups in total. The van der Waals surface area contributed by atoms with Gasteiger partial charge in [-0.3, -0.25) is 14.4 Å². The number of benzene rings is 1. The molecule has 1 aromatic carbocycles. The van der Waals surface area contributed by atoms with Gasteiger partial charge in [-0.2, -0.15) is 0 Å². The van der Waals surface area contributed by atoms with Crippen LogP contribution in [0.3, 0.4) is 0 Å². The fraction of sp³-hybridized carbons (Fsp3) is 0.651. The zero-order valence-corrected chi connectivity index (χ0v) is 34.7. The maximum Gasteiger partial charge on any atom is 0.333 e. The molecule has 0 saturated carbocycles. The second-order valence-electron chi connectivity index (χ2n) is 15.0. The van der Waals surface area contributed by atoms with Gasteiger partial charge in [0.2, 0.25) is 5.91 Å². The van der Waals surface area contributed by atoms with Gasteiger partial charge >= 0.3 is 23.9 Å². The average molecular weight is 832 g/mol. The minimum absolute atomic E-state index is 0.142. The Morgan fingerprint density at radius 3 is 2.34 bits per heavy atom. The number of aliphatic hydroxyl groups excluding tert-OH is 2. The number of unbranched alkanes of at least 4 members (excludes halogenated alkanes) is 2. The molecule has 3 fully saturated rings. The highest BCUT2D eigenvalue weighted by Crippen LogP contribution is 2.34. The summed E-state index contributed by atoms with van der Waals surface area (Å²) in [5.41, 5.74) is 0.852. The van der Waals surface area contributed by atoms with Gasteiger partial charge in [-0.1, -0.05) is 75.4 Å². The fourth-order valence-electron chi connectivity index (χ4n) is 6.96. The molecular weight excluding hydrogens is 770 g/mol. The first-order valence-electron chi connectivity index (χ1n) is 20.7. The molecule has 3 heterocycles. The number of cyclic esters (lactones) is 1. The van der Waals surface area contributed by atoms with Gasteiger partial charge in [-0.05, 0) is 51.7 Å². The largest absolute Gasteiger partial charge is 0.463 e. The minimum Gasteiger partial charge on any atom is -0.463 e. The van der Waals surface area contributed by atoms with Crippen LogP contribution in [0.15, 0.2) is 48.1 Å². The normalized spacial score (nSPS) is 31.8. The number of hydrogen-bond acceptors (Lipinski definition) is 15. The Morgan fingerprint density at radius 1 is 0.864 bits per heavy atom. The van der Waals surface area contributed by atoms with Crippen LogP contribution in [0.25, 0.3) is 6.08 Å². The zero-order valence-electron chi connectivity index (χ0n) is 34.7. The van der Waals surface area contributed by atoms with E-state index in [1.807, 2.05) is 6.07 Å². The van der Waals surface area contributed by atoms with Gasteiger partial charge in [0.25, 0.3) is 0 Å². The number of allylic oxidation sites excluding steroid dienone is 1. The van der Waals surface area contributed by atoms with E-state index in [1.54, 1.807) is 38.1 Å². The van der Waals surface area contributed by atoms with Gasteiger partial charge in [0, 0.05) is 31.5 Å². The second-order valence-corrected chi connectivity index (χ2v) is 15.0. The van der Waals surface area contributed by atoms with Crippen molar-refractivity contribution in [2.45, 2.75) is 166 Å². The number of nitrogens with one attached hydrogen (secondary N) is 1. The highest BCUT2D eigenvalue weighted by molar-refractivity contribution is 5.88. The predicted molar refractivity (Wildman–Crippen MR) is 211 cm³/mol. The third kappa shape index (κ3) is 14.8. The number of hydrogen-bond donors (Lipinski definition) is 3. The third-order valence-electron chi connectivity index (χ3n) is 10.4. The molecule has 11 atom stereocenters. The number of aliphatic hydroxyl groups is 2. The van der Waals surface area contributed by atoms with Crippen LogP contribution in [0, 0.1) is 0 Å². The Labute approximate surface area is 345 Å². The lowest BCUT2D eigenvalue weighted by molar-refractivity contribution is -0.369. The van der Waals surface area contributed by atoms with E-state index in [9.17, 15) is 34.2 Å². The topological polar surface area (TPSA) is 212 Å². The molecule has 2 bridgehead atoms. The monoisotopic (exact) mass is 831 g/mol. The van der Waals surface area contributed by atoms with Crippen LogP contribution in [0.2, 0.25) is 0 Å². The molecule has 16 heteroatoms. The van der Waals surface area contributed by atoms with E-state index in [4.69, 9.17) is 37.9 Å². The zero-order chi connectivity index (χ0) is 42.9. The summed E-state index contributed by atoms with van der Waals surface area (Å²) in [6.45, 7) is 7.82. The highest BCUT2D eigenvalue weighted by atomic mass is 16.8. The minimum atomic E-state index is -1.88. The molecule has 3 aliphatic heterocycles. The molecule has 3 aliphatic rings. The van der Waals surface area contributed by atoms with Crippen molar-refractivity contribution in [1.29, 1.82) is 0 Å². The van der Waals surface area contributed by atoms with Crippen molar-refractivity contribution in [2.24, 2.45) is 0 Å². The van der Waals surface area contributed by atoms with Crippen molar-refractivity contribution in [3.63, 3.8) is 0 Å². The average Bonchev–Trinajstić information content (AvgIpc) is 3.21. The van der Waals surface area contributed by atoms with E-state index in [0.717, 1.165) is 38.2 Å². The van der Waals surface area contributed by atoms with Crippen LogP contribution >= 0.6 is 0 Å². The van der Waals surface area contributed by atoms with Crippen LogP contribution in [0.1, 0.15) is 104 Å². The van der Waals surface area contributed by atoms with Gasteiger partial charge in [-0.25, -0.2) is 9.59 Å². The summed E-state index contributed by atoms with van der Waals surface area (Å²) in [6.07, 6.45) is -5.01. The Bertz CT molecular complexity index is 1580. The van der Waals surface area contributed by atoms with Crippen molar-refractivity contribution in [1.82, 2.24) is 5.32 Å². The first kappa shape index (κ1) is 47.5. The Hall–Kier alpha value is -4.19. The number of ether oxygens (including phenoxy) is 8. The summed E-state index contributed by atoms with van der Waals surface area (Å²) < 4.78 is 47.9. The van der Waals surface area contributed by atoms with Gasteiger partial charge in [0.05, 0.1) is 18.6 Å². The first-order valence-corrected chi connectivity index (χ1v) is 20.7. The molecule has 0 spiro atoms. The maximum absolute atomic E-state index is 13.3. The van der Waals surface area contributed by atoms with E-state index in [2.05, 4.69) is 12.2 Å². The first-order chi connectivity index (χ1) is 28.3. The van der Waals surface area contributed by atoms with Crippen molar-refractivity contribution in [2.75, 3.05) is 13.2 Å². The summed E-state index contributed by atoms with van der Waals surface area (Å²) in [4.78, 5) is 64.3. The number of fused-ring (bicyclic) bond motifs is 3. The highest BCUT2D eigenvalue weighted by Gasteiger charge is 2.55. The molecular formula is C43H61NO15. The fourth-order valence-corrected chi connectivity index (χ4v) is 6.96. The van der Waals surface area contributed by atoms with Gasteiger partial charge in [0.1, 0.15) is 31.0 Å². The van der Waals surface area contributed by atoms with Gasteiger partial charge in [-0.15, -0.1) is 0 Å². The summed E-state index contributed by atoms with van der Waals surface area (Å²) in [7, 11) is 0. The molecule has 0 radical (unpaired) electrons. The van der Waals surface area contributed by atoms with Crippen molar-refractivity contribution < 1.29 is 72.1 Å². The quantitative estimate of drug-likeness (QED) is 0.132. The SMILES string of the molecule is C/C=C(\C)C(=O)O[C@@H]1[C@@H](O)[C@@H]2O[C@H]3[C@H](O[C@@H](CCCCC)CCCCCNC(=O)CCC(=O)OC[C@@H](O2)[C@H]1OC(=O)/C=C/c1ccccc1)O[C@H](C)[C@H](OC(C)=O)[C@@H]3O. The van der Waals surface area contributed by atoms with Gasteiger partial charge in [0.15, 0.2) is 30.9 Å². The van der Waals surface area contributed by atoms with Crippen molar-refractivity contribution in [3.05, 3.63) is 53.6 Å². The molecule has 0 aromatic heterocycles. The molecule has 1 aromatic rings. The molecule has 1 amide bonds. The molecule has 328 valence electrons. The Morgan fingerprint density at radius 2 is 1.63 bits per heavy atom. The number of carbonyl (C=O) groups excluding carboxylic acids is 5. The summed E-state index contributed by atoms with van der Waals surface area (Å²) in [6, 6.07) is 8.90. The van der Waals surface area contributed by atoms with Crippen molar-refractivity contribution in [3.8, 4) is 0 Å². The summed E-state index contributed by atoms with van der Waals surface area (Å²) in [5, 5.41) is 26.6. The molecule has 3 saturated heterocycles. The number of amides is 1. The Balaban J connectivity index is 1.74. The second kappa shape index (κ2) is 24.2. The van der Waals surface area contributed by atoms with E-state index in [1.165, 1.54) is 26.0 Å².